The van der Waals surface area contributed by atoms with Gasteiger partial charge in [0.05, 0.1) is 0 Å². The maximum absolute atomic E-state index is 13.1. The first-order valence-electron chi connectivity index (χ1n) is 9.70. The smallest absolute Gasteiger partial charge is 0.254 e. The lowest BCUT2D eigenvalue weighted by Crippen LogP contribution is -2.56. The number of aryl methyl sites for hydroxylation is 2. The van der Waals surface area contributed by atoms with Gasteiger partial charge in [-0.05, 0) is 49.9 Å². The van der Waals surface area contributed by atoms with Gasteiger partial charge >= 0.3 is 0 Å². The van der Waals surface area contributed by atoms with Gasteiger partial charge in [-0.15, -0.1) is 0 Å². The molecule has 2 aromatic rings. The van der Waals surface area contributed by atoms with Gasteiger partial charge < -0.3 is 10.6 Å². The lowest BCUT2D eigenvalue weighted by molar-refractivity contribution is -0.131. The van der Waals surface area contributed by atoms with E-state index in [1.165, 1.54) is 11.1 Å². The first-order valence-corrected chi connectivity index (χ1v) is 9.70. The van der Waals surface area contributed by atoms with Crippen molar-refractivity contribution in [3.8, 4) is 0 Å². The standard InChI is InChI=1S/C23H29N3O/c1-5-18-11-13-20(14-12-18)24-23-25-21(6-2)17(4)22(27)26(23)15-19-9-7-16(3)8-10-19/h7-14,23-25H,5-6,15H2,1-4H3. The van der Waals surface area contributed by atoms with Crippen LogP contribution in [0, 0.1) is 6.92 Å². The van der Waals surface area contributed by atoms with Gasteiger partial charge in [-0.2, -0.15) is 0 Å². The van der Waals surface area contributed by atoms with E-state index in [9.17, 15) is 4.79 Å². The van der Waals surface area contributed by atoms with Gasteiger partial charge in [-0.3, -0.25) is 9.69 Å². The van der Waals surface area contributed by atoms with Crippen LogP contribution in [0.1, 0.15) is 43.9 Å². The number of benzene rings is 2. The number of rotatable bonds is 6. The largest absolute Gasteiger partial charge is 0.351 e. The van der Waals surface area contributed by atoms with Crippen molar-refractivity contribution >= 4 is 11.6 Å². The van der Waals surface area contributed by atoms with Crippen LogP contribution >= 0.6 is 0 Å². The average Bonchev–Trinajstić information content (AvgIpc) is 2.69. The molecule has 0 aliphatic carbocycles. The molecule has 4 heteroatoms. The molecule has 27 heavy (non-hydrogen) atoms. The lowest BCUT2D eigenvalue weighted by atomic mass is 10.1. The molecule has 0 saturated carbocycles. The third-order valence-corrected chi connectivity index (χ3v) is 5.15. The number of nitrogens with one attached hydrogen (secondary N) is 2. The van der Waals surface area contributed by atoms with Gasteiger partial charge in [0.25, 0.3) is 5.91 Å². The van der Waals surface area contributed by atoms with Gasteiger partial charge in [0.2, 0.25) is 0 Å². The van der Waals surface area contributed by atoms with Crippen molar-refractivity contribution in [2.45, 2.75) is 53.4 Å². The number of carbonyl (C=O) groups excluding carboxylic acids is 1. The summed E-state index contributed by atoms with van der Waals surface area (Å²) in [6.07, 6.45) is 1.55. The monoisotopic (exact) mass is 363 g/mol. The zero-order chi connectivity index (χ0) is 19.4. The van der Waals surface area contributed by atoms with E-state index in [0.29, 0.717) is 6.54 Å². The minimum absolute atomic E-state index is 0.0776. The maximum Gasteiger partial charge on any atom is 0.254 e. The fourth-order valence-electron chi connectivity index (χ4n) is 3.34. The van der Waals surface area contributed by atoms with Crippen LogP contribution in [0.2, 0.25) is 0 Å². The summed E-state index contributed by atoms with van der Waals surface area (Å²) >= 11 is 0. The second-order valence-electron chi connectivity index (χ2n) is 7.12. The molecule has 0 radical (unpaired) electrons. The van der Waals surface area contributed by atoms with E-state index in [1.807, 2.05) is 11.8 Å². The Labute approximate surface area is 162 Å². The molecule has 1 aliphatic heterocycles. The Balaban J connectivity index is 1.86. The lowest BCUT2D eigenvalue weighted by Gasteiger charge is -2.39. The molecule has 0 aromatic heterocycles. The molecule has 1 heterocycles. The molecule has 1 unspecified atom stereocenters. The molecule has 2 N–H and O–H groups in total. The molecule has 3 rings (SSSR count). The zero-order valence-electron chi connectivity index (χ0n) is 16.7. The maximum atomic E-state index is 13.1. The van der Waals surface area contributed by atoms with Crippen LogP contribution in [0.3, 0.4) is 0 Å². The van der Waals surface area contributed by atoms with E-state index in [4.69, 9.17) is 0 Å². The van der Waals surface area contributed by atoms with Gasteiger partial charge in [-0.25, -0.2) is 0 Å². The fourth-order valence-corrected chi connectivity index (χ4v) is 3.34. The number of carbonyl (C=O) groups is 1. The second-order valence-corrected chi connectivity index (χ2v) is 7.12. The molecule has 0 fully saturated rings. The number of nitrogens with zero attached hydrogens (tertiary/aromatic N) is 1. The van der Waals surface area contributed by atoms with Crippen molar-refractivity contribution in [1.82, 2.24) is 10.2 Å². The van der Waals surface area contributed by atoms with E-state index in [2.05, 4.69) is 79.9 Å². The summed E-state index contributed by atoms with van der Waals surface area (Å²) in [6, 6.07) is 16.7. The second kappa shape index (κ2) is 8.30. The molecule has 2 aromatic carbocycles. The number of hydrogen-bond donors (Lipinski definition) is 2. The van der Waals surface area contributed by atoms with E-state index >= 15 is 0 Å². The molecule has 0 saturated heterocycles. The Morgan fingerprint density at radius 2 is 1.56 bits per heavy atom. The number of hydrogen-bond acceptors (Lipinski definition) is 3. The Morgan fingerprint density at radius 3 is 2.15 bits per heavy atom. The highest BCUT2D eigenvalue weighted by Gasteiger charge is 2.31. The molecule has 4 nitrogen and oxygen atoms in total. The van der Waals surface area contributed by atoms with Gasteiger partial charge in [0.1, 0.15) is 0 Å². The summed E-state index contributed by atoms with van der Waals surface area (Å²) in [5.74, 6) is 0.0776. The van der Waals surface area contributed by atoms with E-state index < -0.39 is 0 Å². The van der Waals surface area contributed by atoms with Crippen molar-refractivity contribution in [2.24, 2.45) is 0 Å². The van der Waals surface area contributed by atoms with Crippen LogP contribution in [0.25, 0.3) is 0 Å². The van der Waals surface area contributed by atoms with E-state index in [-0.39, 0.29) is 12.2 Å². The quantitative estimate of drug-likeness (QED) is 0.790. The van der Waals surface area contributed by atoms with Crippen LogP contribution in [0.5, 0.6) is 0 Å². The topological polar surface area (TPSA) is 44.4 Å². The summed E-state index contributed by atoms with van der Waals surface area (Å²) in [6.45, 7) is 8.76. The van der Waals surface area contributed by atoms with E-state index in [0.717, 1.165) is 35.4 Å². The Kier molecular flexibility index (Phi) is 5.84. The minimum Gasteiger partial charge on any atom is -0.351 e. The highest BCUT2D eigenvalue weighted by atomic mass is 16.2. The van der Waals surface area contributed by atoms with Gasteiger partial charge in [-0.1, -0.05) is 55.8 Å². The molecule has 0 spiro atoms. The molecule has 1 amide bonds. The van der Waals surface area contributed by atoms with Crippen LogP contribution in [-0.4, -0.2) is 17.1 Å². The van der Waals surface area contributed by atoms with Crippen molar-refractivity contribution in [3.05, 3.63) is 76.5 Å². The SMILES string of the molecule is CCC1=C(C)C(=O)N(Cc2ccc(C)cc2)C(Nc2ccc(CC)cc2)N1. The number of amides is 1. The normalized spacial score (nSPS) is 17.1. The average molecular weight is 364 g/mol. The van der Waals surface area contributed by atoms with Crippen LogP contribution in [0.15, 0.2) is 59.8 Å². The molecular formula is C23H29N3O. The summed E-state index contributed by atoms with van der Waals surface area (Å²) in [4.78, 5) is 14.9. The Bertz CT molecular complexity index is 822. The summed E-state index contributed by atoms with van der Waals surface area (Å²) in [5, 5.41) is 7.00. The molecule has 142 valence electrons. The van der Waals surface area contributed by atoms with Gasteiger partial charge in [0.15, 0.2) is 6.29 Å². The Hall–Kier alpha value is -2.75. The van der Waals surface area contributed by atoms with Crippen LogP contribution in [0.4, 0.5) is 5.69 Å². The first-order chi connectivity index (χ1) is 13.0. The number of anilines is 1. The Morgan fingerprint density at radius 1 is 0.926 bits per heavy atom. The van der Waals surface area contributed by atoms with Crippen molar-refractivity contribution < 1.29 is 4.79 Å². The minimum atomic E-state index is -0.273. The van der Waals surface area contributed by atoms with Crippen molar-refractivity contribution in [1.29, 1.82) is 0 Å². The van der Waals surface area contributed by atoms with E-state index in [1.54, 1.807) is 0 Å². The highest BCUT2D eigenvalue weighted by Crippen LogP contribution is 2.22. The molecule has 0 bridgehead atoms. The molecule has 1 atom stereocenters. The van der Waals surface area contributed by atoms with Crippen molar-refractivity contribution in [3.63, 3.8) is 0 Å². The third kappa shape index (κ3) is 4.33. The predicted octanol–water partition coefficient (Wildman–Crippen LogP) is 4.57. The van der Waals surface area contributed by atoms with Crippen LogP contribution < -0.4 is 10.6 Å². The summed E-state index contributed by atoms with van der Waals surface area (Å²) in [7, 11) is 0. The highest BCUT2D eigenvalue weighted by molar-refractivity contribution is 5.94. The summed E-state index contributed by atoms with van der Waals surface area (Å²) < 4.78 is 0. The van der Waals surface area contributed by atoms with Crippen LogP contribution in [-0.2, 0) is 17.8 Å². The third-order valence-electron chi connectivity index (χ3n) is 5.15. The summed E-state index contributed by atoms with van der Waals surface area (Å²) in [5.41, 5.74) is 6.44. The number of allylic oxidation sites excluding steroid dienone is 1. The predicted molar refractivity (Wildman–Crippen MR) is 111 cm³/mol. The molecule has 1 aliphatic rings. The first kappa shape index (κ1) is 19.0. The van der Waals surface area contributed by atoms with Crippen molar-refractivity contribution in [2.75, 3.05) is 5.32 Å². The fraction of sp³-hybridized carbons (Fsp3) is 0.348. The zero-order valence-corrected chi connectivity index (χ0v) is 16.7. The van der Waals surface area contributed by atoms with Gasteiger partial charge in [0, 0.05) is 23.5 Å². The molecular weight excluding hydrogens is 334 g/mol.